The van der Waals surface area contributed by atoms with Gasteiger partial charge in [-0.3, -0.25) is 0 Å². The van der Waals surface area contributed by atoms with Gasteiger partial charge in [-0.15, -0.1) is 13.2 Å². The molecule has 0 atom stereocenters. The number of hydrogen-bond acceptors (Lipinski definition) is 10. The van der Waals surface area contributed by atoms with Crippen molar-refractivity contribution in [3.05, 3.63) is 60.4 Å². The van der Waals surface area contributed by atoms with E-state index in [2.05, 4.69) is 47.6 Å². The first kappa shape index (κ1) is 29.6. The molecular weight excluding hydrogens is 599 g/mol. The van der Waals surface area contributed by atoms with Crippen LogP contribution in [0.1, 0.15) is 49.7 Å². The first-order valence-corrected chi connectivity index (χ1v) is 15.5. The summed E-state index contributed by atoms with van der Waals surface area (Å²) in [5.41, 5.74) is 1.64. The standard InChI is InChI=1S/C28H28F3N9O3S/c29-28(30,31)39-15-19(12-34-39)1-4-20-13-33-26(11-24(20)36-22-5-2-18(17-41)3-6-22)37-25-9-10-32-27(38-25)21-14-35-40(16-21)44(42,43)23-7-8-23/h9-16,18,22-23,41H,2-3,5-8,17H2,(H2,32,33,36,37,38). The molecule has 44 heavy (non-hydrogen) atoms. The average molecular weight is 628 g/mol. The first-order chi connectivity index (χ1) is 21.1. The van der Waals surface area contributed by atoms with E-state index in [0.29, 0.717) is 41.3 Å². The molecule has 2 saturated carbocycles. The Balaban J connectivity index is 1.24. The zero-order valence-electron chi connectivity index (χ0n) is 23.2. The van der Waals surface area contributed by atoms with Gasteiger partial charge in [0.05, 0.1) is 46.2 Å². The van der Waals surface area contributed by atoms with Gasteiger partial charge in [-0.2, -0.15) is 19.0 Å². The minimum atomic E-state index is -4.63. The van der Waals surface area contributed by atoms with E-state index in [9.17, 15) is 26.7 Å². The number of aromatic nitrogens is 7. The van der Waals surface area contributed by atoms with Gasteiger partial charge in [0.2, 0.25) is 0 Å². The van der Waals surface area contributed by atoms with E-state index in [-0.39, 0.29) is 34.6 Å². The molecule has 16 heteroatoms. The van der Waals surface area contributed by atoms with E-state index in [1.165, 1.54) is 24.8 Å². The van der Waals surface area contributed by atoms with Gasteiger partial charge in [0.1, 0.15) is 11.6 Å². The zero-order chi connectivity index (χ0) is 30.9. The van der Waals surface area contributed by atoms with Crippen molar-refractivity contribution in [1.29, 1.82) is 0 Å². The Morgan fingerprint density at radius 3 is 2.48 bits per heavy atom. The monoisotopic (exact) mass is 627 g/mol. The minimum Gasteiger partial charge on any atom is -0.396 e. The van der Waals surface area contributed by atoms with Crippen LogP contribution in [0.25, 0.3) is 11.4 Å². The van der Waals surface area contributed by atoms with E-state index in [0.717, 1.165) is 42.2 Å². The molecule has 4 aromatic heterocycles. The second-order valence-corrected chi connectivity index (χ2v) is 12.9. The molecule has 2 fully saturated rings. The fourth-order valence-corrected chi connectivity index (χ4v) is 6.37. The number of aliphatic hydroxyl groups excluding tert-OH is 1. The van der Waals surface area contributed by atoms with E-state index in [1.54, 1.807) is 12.1 Å². The van der Waals surface area contributed by atoms with Gasteiger partial charge in [-0.1, -0.05) is 11.8 Å². The Kier molecular flexibility index (Phi) is 7.99. The second kappa shape index (κ2) is 11.9. The third-order valence-corrected chi connectivity index (χ3v) is 9.52. The summed E-state index contributed by atoms with van der Waals surface area (Å²) in [5.74, 6) is 6.98. The molecule has 0 spiro atoms. The number of alkyl halides is 3. The Labute approximate surface area is 250 Å². The quantitative estimate of drug-likeness (QED) is 0.246. The number of aliphatic hydroxyl groups is 1. The molecule has 4 heterocycles. The fraction of sp³-hybridized carbons (Fsp3) is 0.393. The highest BCUT2D eigenvalue weighted by molar-refractivity contribution is 7.90. The molecule has 6 rings (SSSR count). The molecule has 2 aliphatic carbocycles. The van der Waals surface area contributed by atoms with Crippen molar-refractivity contribution in [2.45, 2.75) is 56.1 Å². The number of anilines is 3. The van der Waals surface area contributed by atoms with Gasteiger partial charge in [-0.25, -0.2) is 23.4 Å². The number of halogens is 3. The number of nitrogens with zero attached hydrogens (tertiary/aromatic N) is 7. The fourth-order valence-electron chi connectivity index (χ4n) is 4.89. The lowest BCUT2D eigenvalue weighted by molar-refractivity contribution is -0.212. The van der Waals surface area contributed by atoms with Crippen molar-refractivity contribution in [3.8, 4) is 23.2 Å². The molecule has 2 aliphatic rings. The Bertz CT molecular complexity index is 1820. The van der Waals surface area contributed by atoms with E-state index in [4.69, 9.17) is 0 Å². The largest absolute Gasteiger partial charge is 0.504 e. The van der Waals surface area contributed by atoms with Crippen molar-refractivity contribution in [1.82, 2.24) is 33.9 Å². The van der Waals surface area contributed by atoms with E-state index >= 15 is 0 Å². The van der Waals surface area contributed by atoms with Gasteiger partial charge in [-0.05, 0) is 50.5 Å². The molecular formula is C28H28F3N9O3S. The van der Waals surface area contributed by atoms with Crippen molar-refractivity contribution in [2.75, 3.05) is 17.2 Å². The third kappa shape index (κ3) is 6.68. The molecule has 0 unspecified atom stereocenters. The SMILES string of the molecule is O=S(=O)(C1CC1)n1cc(-c2nccc(Nc3cc(NC4CCC(CO)CC4)c(C#Cc4cnn(C(F)(F)F)c4)cn3)n2)cn1. The van der Waals surface area contributed by atoms with Crippen LogP contribution in [0.4, 0.5) is 30.5 Å². The zero-order valence-corrected chi connectivity index (χ0v) is 24.1. The van der Waals surface area contributed by atoms with E-state index < -0.39 is 21.6 Å². The average Bonchev–Trinajstić information content (AvgIpc) is 3.54. The summed E-state index contributed by atoms with van der Waals surface area (Å²) in [6, 6.07) is 3.48. The minimum absolute atomic E-state index is 0.0979. The van der Waals surface area contributed by atoms with Crippen LogP contribution in [0.5, 0.6) is 0 Å². The lowest BCUT2D eigenvalue weighted by Crippen LogP contribution is -2.27. The van der Waals surface area contributed by atoms with Crippen molar-refractivity contribution >= 4 is 27.3 Å². The van der Waals surface area contributed by atoms with Crippen molar-refractivity contribution < 1.29 is 26.7 Å². The summed E-state index contributed by atoms with van der Waals surface area (Å²) in [7, 11) is -3.53. The summed E-state index contributed by atoms with van der Waals surface area (Å²) in [4.78, 5) is 13.2. The summed E-state index contributed by atoms with van der Waals surface area (Å²) < 4.78 is 64.7. The predicted molar refractivity (Wildman–Crippen MR) is 154 cm³/mol. The highest BCUT2D eigenvalue weighted by Crippen LogP contribution is 2.31. The number of pyridine rings is 1. The third-order valence-electron chi connectivity index (χ3n) is 7.49. The maximum absolute atomic E-state index is 12.9. The van der Waals surface area contributed by atoms with Gasteiger partial charge in [0.25, 0.3) is 10.0 Å². The van der Waals surface area contributed by atoms with Gasteiger partial charge >= 0.3 is 6.30 Å². The van der Waals surface area contributed by atoms with Crippen LogP contribution in [0.2, 0.25) is 0 Å². The maximum Gasteiger partial charge on any atom is 0.504 e. The number of nitrogens with one attached hydrogen (secondary N) is 2. The van der Waals surface area contributed by atoms with Crippen LogP contribution in [0, 0.1) is 17.8 Å². The first-order valence-electron chi connectivity index (χ1n) is 14.0. The molecule has 0 radical (unpaired) electrons. The van der Waals surface area contributed by atoms with Crippen molar-refractivity contribution in [3.63, 3.8) is 0 Å². The van der Waals surface area contributed by atoms with E-state index in [1.807, 2.05) is 0 Å². The van der Waals surface area contributed by atoms with Crippen LogP contribution in [0.3, 0.4) is 0 Å². The molecule has 0 aliphatic heterocycles. The maximum atomic E-state index is 12.9. The molecule has 0 bridgehead atoms. The van der Waals surface area contributed by atoms with Crippen LogP contribution in [-0.2, 0) is 16.3 Å². The van der Waals surface area contributed by atoms with Crippen LogP contribution < -0.4 is 10.6 Å². The summed E-state index contributed by atoms with van der Waals surface area (Å²) >= 11 is 0. The summed E-state index contributed by atoms with van der Waals surface area (Å²) in [6.45, 7) is 0.149. The van der Waals surface area contributed by atoms with Gasteiger partial charge < -0.3 is 15.7 Å². The topological polar surface area (TPSA) is 153 Å². The van der Waals surface area contributed by atoms with Crippen molar-refractivity contribution in [2.24, 2.45) is 5.92 Å². The molecule has 0 aromatic carbocycles. The Morgan fingerprint density at radius 2 is 1.77 bits per heavy atom. The van der Waals surface area contributed by atoms with Crippen LogP contribution in [0.15, 0.2) is 49.3 Å². The lowest BCUT2D eigenvalue weighted by atomic mass is 9.86. The molecule has 4 aromatic rings. The molecule has 230 valence electrons. The summed E-state index contributed by atoms with van der Waals surface area (Å²) in [6.07, 6.45) is 7.70. The normalized spacial score (nSPS) is 18.8. The Morgan fingerprint density at radius 1 is 0.977 bits per heavy atom. The van der Waals surface area contributed by atoms with Gasteiger partial charge in [0.15, 0.2) is 5.82 Å². The van der Waals surface area contributed by atoms with Crippen LogP contribution in [-0.4, -0.2) is 65.3 Å². The number of rotatable bonds is 8. The molecule has 3 N–H and O–H groups in total. The highest BCUT2D eigenvalue weighted by Gasteiger charge is 2.37. The summed E-state index contributed by atoms with van der Waals surface area (Å²) in [5, 5.41) is 23.0. The van der Waals surface area contributed by atoms with Gasteiger partial charge in [0, 0.05) is 37.3 Å². The molecule has 0 amide bonds. The number of hydrogen-bond donors (Lipinski definition) is 3. The smallest absolute Gasteiger partial charge is 0.396 e. The van der Waals surface area contributed by atoms with Crippen LogP contribution >= 0.6 is 0 Å². The molecule has 12 nitrogen and oxygen atoms in total. The molecule has 0 saturated heterocycles. The highest BCUT2D eigenvalue weighted by atomic mass is 32.2. The second-order valence-electron chi connectivity index (χ2n) is 10.8. The lowest BCUT2D eigenvalue weighted by Gasteiger charge is -2.29. The predicted octanol–water partition coefficient (Wildman–Crippen LogP) is 3.85. The Hall–Kier alpha value is -4.49.